The minimum Gasteiger partial charge on any atom is -0.379 e. The van der Waals surface area contributed by atoms with Gasteiger partial charge in [0, 0.05) is 23.2 Å². The van der Waals surface area contributed by atoms with E-state index in [1.165, 1.54) is 4.88 Å². The summed E-state index contributed by atoms with van der Waals surface area (Å²) in [5.74, 6) is 0.00675. The van der Waals surface area contributed by atoms with E-state index in [2.05, 4.69) is 32.4 Å². The van der Waals surface area contributed by atoms with Crippen LogP contribution < -0.4 is 10.6 Å². The second-order valence-electron chi connectivity index (χ2n) is 5.03. The highest BCUT2D eigenvalue weighted by molar-refractivity contribution is 7.20. The zero-order chi connectivity index (χ0) is 14.9. The lowest BCUT2D eigenvalue weighted by molar-refractivity contribution is 0.0966. The second kappa shape index (κ2) is 5.55. The van der Waals surface area contributed by atoms with E-state index in [9.17, 15) is 4.79 Å². The van der Waals surface area contributed by atoms with Crippen molar-refractivity contribution in [3.05, 3.63) is 57.9 Å². The standard InChI is InChI=1S/C16H13N3OS2/c20-15-13-6-11(4-3-10(13)7-18-15)17-8-12-9-22-16(19-12)14-2-1-5-21-14/h1-6,9,17H,7-8H2,(H,18,20). The van der Waals surface area contributed by atoms with Crippen molar-refractivity contribution >= 4 is 34.3 Å². The molecule has 1 aliphatic heterocycles. The molecule has 1 aromatic carbocycles. The number of carbonyl (C=O) groups excluding carboxylic acids is 1. The van der Waals surface area contributed by atoms with Crippen LogP contribution in [0.15, 0.2) is 41.1 Å². The highest BCUT2D eigenvalue weighted by Crippen LogP contribution is 2.28. The van der Waals surface area contributed by atoms with Gasteiger partial charge in [-0.05, 0) is 29.1 Å². The molecule has 2 N–H and O–H groups in total. The molecule has 1 aliphatic rings. The number of aromatic nitrogens is 1. The molecule has 110 valence electrons. The third-order valence-electron chi connectivity index (χ3n) is 3.55. The monoisotopic (exact) mass is 327 g/mol. The minimum atomic E-state index is 0.00675. The molecule has 0 saturated carbocycles. The summed E-state index contributed by atoms with van der Waals surface area (Å²) in [6.07, 6.45) is 0. The molecule has 0 spiro atoms. The molecular formula is C16H13N3OS2. The predicted molar refractivity (Wildman–Crippen MR) is 90.4 cm³/mol. The largest absolute Gasteiger partial charge is 0.379 e. The van der Waals surface area contributed by atoms with Crippen LogP contribution in [-0.2, 0) is 13.1 Å². The van der Waals surface area contributed by atoms with E-state index in [-0.39, 0.29) is 5.91 Å². The third-order valence-corrected chi connectivity index (χ3v) is 5.48. The number of nitrogens with zero attached hydrogens (tertiary/aromatic N) is 1. The summed E-state index contributed by atoms with van der Waals surface area (Å²) >= 11 is 3.36. The molecular weight excluding hydrogens is 314 g/mol. The summed E-state index contributed by atoms with van der Waals surface area (Å²) in [4.78, 5) is 17.5. The molecule has 1 amide bonds. The Morgan fingerprint density at radius 2 is 2.23 bits per heavy atom. The lowest BCUT2D eigenvalue weighted by Gasteiger charge is -2.05. The van der Waals surface area contributed by atoms with E-state index in [1.807, 2.05) is 24.3 Å². The molecule has 0 atom stereocenters. The number of amides is 1. The molecule has 0 saturated heterocycles. The zero-order valence-corrected chi connectivity index (χ0v) is 13.3. The predicted octanol–water partition coefficient (Wildman–Crippen LogP) is 3.73. The van der Waals surface area contributed by atoms with Gasteiger partial charge < -0.3 is 10.6 Å². The van der Waals surface area contributed by atoms with Crippen molar-refractivity contribution < 1.29 is 4.79 Å². The van der Waals surface area contributed by atoms with Crippen LogP contribution in [0.3, 0.4) is 0 Å². The number of thiazole rings is 1. The zero-order valence-electron chi connectivity index (χ0n) is 11.6. The first-order valence-electron chi connectivity index (χ1n) is 6.93. The van der Waals surface area contributed by atoms with Crippen molar-refractivity contribution in [3.8, 4) is 9.88 Å². The van der Waals surface area contributed by atoms with Crippen molar-refractivity contribution in [2.75, 3.05) is 5.32 Å². The van der Waals surface area contributed by atoms with Gasteiger partial charge in [0.2, 0.25) is 0 Å². The third kappa shape index (κ3) is 2.51. The lowest BCUT2D eigenvalue weighted by Crippen LogP contribution is -2.12. The van der Waals surface area contributed by atoms with Gasteiger partial charge in [-0.15, -0.1) is 22.7 Å². The van der Waals surface area contributed by atoms with Crippen LogP contribution in [0.2, 0.25) is 0 Å². The summed E-state index contributed by atoms with van der Waals surface area (Å²) in [5.41, 5.74) is 3.78. The van der Waals surface area contributed by atoms with Crippen LogP contribution >= 0.6 is 22.7 Å². The molecule has 0 radical (unpaired) electrons. The van der Waals surface area contributed by atoms with Crippen molar-refractivity contribution in [3.63, 3.8) is 0 Å². The van der Waals surface area contributed by atoms with E-state index < -0.39 is 0 Å². The lowest BCUT2D eigenvalue weighted by atomic mass is 10.1. The number of anilines is 1. The van der Waals surface area contributed by atoms with Gasteiger partial charge in [0.05, 0.1) is 17.1 Å². The average Bonchev–Trinajstić information content (AvgIpc) is 3.26. The fourth-order valence-corrected chi connectivity index (χ4v) is 4.05. The van der Waals surface area contributed by atoms with Crippen LogP contribution in [0.4, 0.5) is 5.69 Å². The molecule has 0 unspecified atom stereocenters. The summed E-state index contributed by atoms with van der Waals surface area (Å²) < 4.78 is 0. The molecule has 6 heteroatoms. The quantitative estimate of drug-likeness (QED) is 0.768. The molecule has 3 aromatic rings. The smallest absolute Gasteiger partial charge is 0.251 e. The van der Waals surface area contributed by atoms with Crippen LogP contribution in [0.25, 0.3) is 9.88 Å². The summed E-state index contributed by atoms with van der Waals surface area (Å²) in [7, 11) is 0. The van der Waals surface area contributed by atoms with Gasteiger partial charge in [-0.1, -0.05) is 12.1 Å². The number of thiophene rings is 1. The van der Waals surface area contributed by atoms with E-state index in [1.54, 1.807) is 22.7 Å². The van der Waals surface area contributed by atoms with Gasteiger partial charge in [0.1, 0.15) is 5.01 Å². The Morgan fingerprint density at radius 1 is 1.27 bits per heavy atom. The number of hydrogen-bond donors (Lipinski definition) is 2. The van der Waals surface area contributed by atoms with Gasteiger partial charge in [-0.3, -0.25) is 4.79 Å². The number of fused-ring (bicyclic) bond motifs is 1. The first-order valence-corrected chi connectivity index (χ1v) is 8.69. The maximum absolute atomic E-state index is 11.7. The Hall–Kier alpha value is -2.18. The van der Waals surface area contributed by atoms with Crippen LogP contribution in [-0.4, -0.2) is 10.9 Å². The molecule has 0 aliphatic carbocycles. The van der Waals surface area contributed by atoms with E-state index in [0.29, 0.717) is 13.1 Å². The molecule has 0 bridgehead atoms. The summed E-state index contributed by atoms with van der Waals surface area (Å²) in [6, 6.07) is 10.0. The number of hydrogen-bond acceptors (Lipinski definition) is 5. The van der Waals surface area contributed by atoms with Crippen molar-refractivity contribution in [2.45, 2.75) is 13.1 Å². The highest BCUT2D eigenvalue weighted by Gasteiger charge is 2.18. The number of benzene rings is 1. The average molecular weight is 327 g/mol. The van der Waals surface area contributed by atoms with Gasteiger partial charge in [0.25, 0.3) is 5.91 Å². The van der Waals surface area contributed by atoms with Gasteiger partial charge in [-0.25, -0.2) is 4.98 Å². The maximum Gasteiger partial charge on any atom is 0.251 e. The van der Waals surface area contributed by atoms with Gasteiger partial charge in [-0.2, -0.15) is 0 Å². The first kappa shape index (κ1) is 13.5. The Labute approximate surface area is 135 Å². The SMILES string of the molecule is O=C1NCc2ccc(NCc3csc(-c4cccs4)n3)cc21. The number of rotatable bonds is 4. The molecule has 4 nitrogen and oxygen atoms in total. The topological polar surface area (TPSA) is 54.0 Å². The Morgan fingerprint density at radius 3 is 3.09 bits per heavy atom. The normalized spacial score (nSPS) is 13.0. The molecule has 4 rings (SSSR count). The minimum absolute atomic E-state index is 0.00675. The second-order valence-corrected chi connectivity index (χ2v) is 6.84. The molecule has 0 fully saturated rings. The van der Waals surface area contributed by atoms with Crippen LogP contribution in [0.5, 0.6) is 0 Å². The first-order chi connectivity index (χ1) is 10.8. The highest BCUT2D eigenvalue weighted by atomic mass is 32.1. The number of nitrogens with one attached hydrogen (secondary N) is 2. The Kier molecular flexibility index (Phi) is 3.40. The van der Waals surface area contributed by atoms with E-state index in [0.717, 1.165) is 27.5 Å². The fraction of sp³-hybridized carbons (Fsp3) is 0.125. The van der Waals surface area contributed by atoms with Crippen molar-refractivity contribution in [1.82, 2.24) is 10.3 Å². The Balaban J connectivity index is 1.47. The number of carbonyl (C=O) groups is 1. The van der Waals surface area contributed by atoms with Crippen molar-refractivity contribution in [2.24, 2.45) is 0 Å². The van der Waals surface area contributed by atoms with Gasteiger partial charge >= 0.3 is 0 Å². The fourth-order valence-electron chi connectivity index (χ4n) is 2.42. The van der Waals surface area contributed by atoms with Crippen molar-refractivity contribution in [1.29, 1.82) is 0 Å². The molecule has 22 heavy (non-hydrogen) atoms. The van der Waals surface area contributed by atoms with Gasteiger partial charge in [0.15, 0.2) is 0 Å². The Bertz CT molecular complexity index is 824. The van der Waals surface area contributed by atoms with E-state index >= 15 is 0 Å². The summed E-state index contributed by atoms with van der Waals surface area (Å²) in [5, 5.41) is 11.4. The molecule has 3 heterocycles. The van der Waals surface area contributed by atoms with Crippen LogP contribution in [0, 0.1) is 0 Å². The summed E-state index contributed by atoms with van der Waals surface area (Å²) in [6.45, 7) is 1.28. The molecule has 2 aromatic heterocycles. The van der Waals surface area contributed by atoms with E-state index in [4.69, 9.17) is 0 Å². The maximum atomic E-state index is 11.7. The van der Waals surface area contributed by atoms with Crippen LogP contribution in [0.1, 0.15) is 21.6 Å².